The second kappa shape index (κ2) is 4.15. The van der Waals surface area contributed by atoms with Crippen molar-refractivity contribution in [1.82, 2.24) is 9.97 Å². The molecule has 87 valence electrons. The standard InChI is InChI=1S/C12H6N3O2S/c16-15(17)8-3-4-9-10(6-8)14-11(7-13-9)12-2-1-5-18-12/h1-6H. The number of nitro benzene ring substituents is 1. The monoisotopic (exact) mass is 256 g/mol. The Kier molecular flexibility index (Phi) is 2.49. The molecule has 0 saturated heterocycles. The molecule has 5 nitrogen and oxygen atoms in total. The smallest absolute Gasteiger partial charge is 0.258 e. The zero-order valence-corrected chi connectivity index (χ0v) is 9.85. The van der Waals surface area contributed by atoms with Gasteiger partial charge in [-0.05, 0) is 17.5 Å². The lowest BCUT2D eigenvalue weighted by atomic mass is 10.2. The number of hydrogen-bond donors (Lipinski definition) is 0. The van der Waals surface area contributed by atoms with E-state index < -0.39 is 4.92 Å². The zero-order valence-electron chi connectivity index (χ0n) is 9.03. The highest BCUT2D eigenvalue weighted by atomic mass is 32.1. The maximum Gasteiger partial charge on any atom is 0.271 e. The van der Waals surface area contributed by atoms with Crippen LogP contribution in [0.15, 0.2) is 35.7 Å². The summed E-state index contributed by atoms with van der Waals surface area (Å²) >= 11 is 1.53. The third kappa shape index (κ3) is 1.82. The summed E-state index contributed by atoms with van der Waals surface area (Å²) in [5.41, 5.74) is 1.73. The second-order valence-corrected chi connectivity index (χ2v) is 4.54. The number of benzene rings is 1. The minimum atomic E-state index is -0.442. The predicted octanol–water partition coefficient (Wildman–Crippen LogP) is 3.07. The van der Waals surface area contributed by atoms with Gasteiger partial charge in [0.1, 0.15) is 11.9 Å². The lowest BCUT2D eigenvalue weighted by molar-refractivity contribution is -0.384. The fourth-order valence-corrected chi connectivity index (χ4v) is 2.26. The van der Waals surface area contributed by atoms with Crippen molar-refractivity contribution in [1.29, 1.82) is 0 Å². The van der Waals surface area contributed by atoms with Crippen LogP contribution in [-0.4, -0.2) is 14.9 Å². The summed E-state index contributed by atoms with van der Waals surface area (Å²) in [6.45, 7) is 0. The van der Waals surface area contributed by atoms with Crippen LogP contribution in [0, 0.1) is 16.3 Å². The fraction of sp³-hybridized carbons (Fsp3) is 0. The van der Waals surface area contributed by atoms with E-state index in [0.717, 1.165) is 4.88 Å². The Labute approximate surface area is 106 Å². The van der Waals surface area contributed by atoms with Crippen LogP contribution in [0.1, 0.15) is 0 Å². The summed E-state index contributed by atoms with van der Waals surface area (Å²) in [5, 5.41) is 12.6. The Morgan fingerprint density at radius 1 is 1.28 bits per heavy atom. The number of hydrogen-bond acceptors (Lipinski definition) is 5. The van der Waals surface area contributed by atoms with Crippen LogP contribution in [0.2, 0.25) is 0 Å². The molecule has 2 heterocycles. The molecule has 0 spiro atoms. The average molecular weight is 256 g/mol. The quantitative estimate of drug-likeness (QED) is 0.522. The van der Waals surface area contributed by atoms with Crippen LogP contribution < -0.4 is 0 Å². The van der Waals surface area contributed by atoms with E-state index in [1.165, 1.54) is 23.5 Å². The Morgan fingerprint density at radius 2 is 2.17 bits per heavy atom. The fourth-order valence-electron chi connectivity index (χ4n) is 1.59. The van der Waals surface area contributed by atoms with Crippen LogP contribution in [0.3, 0.4) is 0 Å². The summed E-state index contributed by atoms with van der Waals surface area (Å²) < 4.78 is 0. The van der Waals surface area contributed by atoms with Crippen molar-refractivity contribution in [2.24, 2.45) is 0 Å². The Morgan fingerprint density at radius 3 is 2.89 bits per heavy atom. The molecule has 0 unspecified atom stereocenters. The number of non-ortho nitro benzene ring substituents is 1. The highest BCUT2D eigenvalue weighted by Gasteiger charge is 2.09. The van der Waals surface area contributed by atoms with E-state index in [1.54, 1.807) is 6.07 Å². The van der Waals surface area contributed by atoms with Gasteiger partial charge in [-0.15, -0.1) is 11.3 Å². The maximum atomic E-state index is 10.7. The molecular formula is C12H6N3O2S. The van der Waals surface area contributed by atoms with Gasteiger partial charge in [-0.1, -0.05) is 6.07 Å². The molecule has 0 bridgehead atoms. The van der Waals surface area contributed by atoms with E-state index in [2.05, 4.69) is 16.2 Å². The summed E-state index contributed by atoms with van der Waals surface area (Å²) in [7, 11) is 0. The molecule has 3 aromatic rings. The molecule has 0 atom stereocenters. The van der Waals surface area contributed by atoms with Crippen molar-refractivity contribution in [3.8, 4) is 10.6 Å². The number of fused-ring (bicyclic) bond motifs is 1. The number of aromatic nitrogens is 2. The zero-order chi connectivity index (χ0) is 12.5. The number of thiophene rings is 1. The predicted molar refractivity (Wildman–Crippen MR) is 68.3 cm³/mol. The molecule has 0 saturated carbocycles. The molecule has 3 rings (SSSR count). The Hall–Kier alpha value is -2.34. The number of nitrogens with zero attached hydrogens (tertiary/aromatic N) is 3. The number of rotatable bonds is 2. The van der Waals surface area contributed by atoms with Gasteiger partial charge in [-0.2, -0.15) is 0 Å². The number of nitro groups is 1. The maximum absolute atomic E-state index is 10.7. The van der Waals surface area contributed by atoms with Crippen LogP contribution in [-0.2, 0) is 0 Å². The van der Waals surface area contributed by atoms with Gasteiger partial charge in [0.05, 0.1) is 20.8 Å². The second-order valence-electron chi connectivity index (χ2n) is 3.59. The first-order valence-electron chi connectivity index (χ1n) is 5.12. The lowest BCUT2D eigenvalue weighted by Gasteiger charge is -1.99. The van der Waals surface area contributed by atoms with E-state index in [9.17, 15) is 10.1 Å². The molecule has 0 fully saturated rings. The van der Waals surface area contributed by atoms with Crippen molar-refractivity contribution in [3.63, 3.8) is 0 Å². The largest absolute Gasteiger partial charge is 0.271 e. The van der Waals surface area contributed by atoms with E-state index >= 15 is 0 Å². The average Bonchev–Trinajstić information content (AvgIpc) is 2.91. The van der Waals surface area contributed by atoms with Crippen molar-refractivity contribution >= 4 is 28.1 Å². The Bertz CT molecular complexity index is 725. The molecule has 6 heteroatoms. The van der Waals surface area contributed by atoms with Gasteiger partial charge in [0.15, 0.2) is 0 Å². The third-order valence-corrected chi connectivity index (χ3v) is 3.32. The van der Waals surface area contributed by atoms with E-state index in [1.807, 2.05) is 17.5 Å². The molecule has 0 aliphatic heterocycles. The van der Waals surface area contributed by atoms with Gasteiger partial charge in [0, 0.05) is 12.1 Å². The summed E-state index contributed by atoms with van der Waals surface area (Å²) in [5.74, 6) is 0. The normalized spacial score (nSPS) is 10.7. The topological polar surface area (TPSA) is 68.9 Å². The SMILES string of the molecule is O=[N+]([O-])c1ccc2n[c]c(-c3cccs3)nc2c1. The van der Waals surface area contributed by atoms with Gasteiger partial charge < -0.3 is 0 Å². The molecule has 18 heavy (non-hydrogen) atoms. The Balaban J connectivity index is 2.18. The van der Waals surface area contributed by atoms with Crippen LogP contribution >= 0.6 is 11.3 Å². The van der Waals surface area contributed by atoms with Crippen molar-refractivity contribution in [3.05, 3.63) is 52.0 Å². The van der Waals surface area contributed by atoms with Crippen molar-refractivity contribution in [2.75, 3.05) is 0 Å². The van der Waals surface area contributed by atoms with E-state index in [4.69, 9.17) is 0 Å². The van der Waals surface area contributed by atoms with Crippen LogP contribution in [0.5, 0.6) is 0 Å². The lowest BCUT2D eigenvalue weighted by Crippen LogP contribution is -1.91. The van der Waals surface area contributed by atoms with Crippen LogP contribution in [0.4, 0.5) is 5.69 Å². The van der Waals surface area contributed by atoms with Gasteiger partial charge >= 0.3 is 0 Å². The molecule has 0 aliphatic carbocycles. The van der Waals surface area contributed by atoms with Crippen LogP contribution in [0.25, 0.3) is 21.6 Å². The minimum absolute atomic E-state index is 0.0140. The summed E-state index contributed by atoms with van der Waals surface area (Å²) in [4.78, 5) is 19.7. The molecule has 0 aliphatic rings. The first-order chi connectivity index (χ1) is 8.74. The van der Waals surface area contributed by atoms with Gasteiger partial charge in [-0.3, -0.25) is 10.1 Å². The molecule has 1 aromatic carbocycles. The van der Waals surface area contributed by atoms with Gasteiger partial charge in [0.2, 0.25) is 0 Å². The highest BCUT2D eigenvalue weighted by Crippen LogP contribution is 2.24. The minimum Gasteiger partial charge on any atom is -0.258 e. The first-order valence-corrected chi connectivity index (χ1v) is 6.00. The molecule has 0 amide bonds. The first kappa shape index (κ1) is 10.8. The van der Waals surface area contributed by atoms with E-state index in [0.29, 0.717) is 16.7 Å². The van der Waals surface area contributed by atoms with Crippen molar-refractivity contribution < 1.29 is 4.92 Å². The summed E-state index contributed by atoms with van der Waals surface area (Å²) in [6, 6.07) is 8.24. The molecule has 2 aromatic heterocycles. The molecular weight excluding hydrogens is 250 g/mol. The molecule has 1 radical (unpaired) electrons. The molecule has 0 N–H and O–H groups in total. The van der Waals surface area contributed by atoms with Crippen molar-refractivity contribution in [2.45, 2.75) is 0 Å². The highest BCUT2D eigenvalue weighted by molar-refractivity contribution is 7.13. The summed E-state index contributed by atoms with van der Waals surface area (Å²) in [6.07, 6.45) is 2.84. The van der Waals surface area contributed by atoms with Gasteiger partial charge in [0.25, 0.3) is 5.69 Å². The third-order valence-electron chi connectivity index (χ3n) is 2.44. The van der Waals surface area contributed by atoms with Gasteiger partial charge in [-0.25, -0.2) is 9.97 Å². The van der Waals surface area contributed by atoms with E-state index in [-0.39, 0.29) is 5.69 Å².